The van der Waals surface area contributed by atoms with E-state index in [4.69, 9.17) is 0 Å². The number of H-pyrrole nitrogens is 1. The molecule has 3 rings (SSSR count). The summed E-state index contributed by atoms with van der Waals surface area (Å²) in [6, 6.07) is 5.75. The second-order valence-corrected chi connectivity index (χ2v) is 6.08. The Kier molecular flexibility index (Phi) is 4.03. The highest BCUT2D eigenvalue weighted by Crippen LogP contribution is 2.21. The maximum atomic E-state index is 12.2. The quantitative estimate of drug-likeness (QED) is 0.800. The number of aromatic amines is 1. The summed E-state index contributed by atoms with van der Waals surface area (Å²) >= 11 is 3.42. The van der Waals surface area contributed by atoms with Crippen molar-refractivity contribution in [3.63, 3.8) is 0 Å². The SMILES string of the molecule is O=C(NCCC1CCNC1)c1n[nH]c2ccc(Br)cc12. The molecule has 1 aliphatic rings. The van der Waals surface area contributed by atoms with Crippen molar-refractivity contribution in [1.29, 1.82) is 0 Å². The van der Waals surface area contributed by atoms with Gasteiger partial charge in [0, 0.05) is 16.4 Å². The Morgan fingerprint density at radius 2 is 2.40 bits per heavy atom. The second kappa shape index (κ2) is 5.93. The van der Waals surface area contributed by atoms with Crippen LogP contribution in [0.15, 0.2) is 22.7 Å². The predicted octanol–water partition coefficient (Wildman–Crippen LogP) is 2.05. The normalized spacial score (nSPS) is 18.6. The van der Waals surface area contributed by atoms with Crippen LogP contribution in [0.1, 0.15) is 23.3 Å². The molecule has 20 heavy (non-hydrogen) atoms. The molecular formula is C14H17BrN4O. The summed E-state index contributed by atoms with van der Waals surface area (Å²) in [5.41, 5.74) is 1.34. The highest BCUT2D eigenvalue weighted by Gasteiger charge is 2.16. The van der Waals surface area contributed by atoms with Gasteiger partial charge in [0.05, 0.1) is 5.52 Å². The van der Waals surface area contributed by atoms with E-state index in [1.54, 1.807) is 0 Å². The van der Waals surface area contributed by atoms with Gasteiger partial charge in [-0.2, -0.15) is 5.10 Å². The van der Waals surface area contributed by atoms with Crippen LogP contribution in [0.4, 0.5) is 0 Å². The van der Waals surface area contributed by atoms with Crippen LogP contribution >= 0.6 is 15.9 Å². The van der Waals surface area contributed by atoms with E-state index in [2.05, 4.69) is 36.8 Å². The molecule has 0 saturated carbocycles. The number of hydrogen-bond acceptors (Lipinski definition) is 3. The van der Waals surface area contributed by atoms with Gasteiger partial charge in [-0.05, 0) is 50.0 Å². The summed E-state index contributed by atoms with van der Waals surface area (Å²) in [7, 11) is 0. The van der Waals surface area contributed by atoms with Crippen molar-refractivity contribution in [2.24, 2.45) is 5.92 Å². The summed E-state index contributed by atoms with van der Waals surface area (Å²) in [4.78, 5) is 12.2. The van der Waals surface area contributed by atoms with Crippen molar-refractivity contribution in [1.82, 2.24) is 20.8 Å². The van der Waals surface area contributed by atoms with Crippen LogP contribution < -0.4 is 10.6 Å². The van der Waals surface area contributed by atoms with Crippen molar-refractivity contribution < 1.29 is 4.79 Å². The van der Waals surface area contributed by atoms with Gasteiger partial charge < -0.3 is 10.6 Å². The summed E-state index contributed by atoms with van der Waals surface area (Å²) in [5.74, 6) is 0.570. The minimum Gasteiger partial charge on any atom is -0.351 e. The van der Waals surface area contributed by atoms with Crippen molar-refractivity contribution in [3.05, 3.63) is 28.4 Å². The van der Waals surface area contributed by atoms with Gasteiger partial charge in [0.15, 0.2) is 5.69 Å². The number of benzene rings is 1. The molecule has 1 fully saturated rings. The fourth-order valence-electron chi connectivity index (χ4n) is 2.59. The van der Waals surface area contributed by atoms with Crippen LogP contribution in [0.25, 0.3) is 10.9 Å². The van der Waals surface area contributed by atoms with Crippen molar-refractivity contribution >= 4 is 32.7 Å². The number of nitrogens with zero attached hydrogens (tertiary/aromatic N) is 1. The molecule has 2 heterocycles. The van der Waals surface area contributed by atoms with E-state index >= 15 is 0 Å². The lowest BCUT2D eigenvalue weighted by Gasteiger charge is -2.08. The van der Waals surface area contributed by atoms with Crippen LogP contribution in [0.2, 0.25) is 0 Å². The molecule has 0 aliphatic carbocycles. The average molecular weight is 337 g/mol. The first-order chi connectivity index (χ1) is 9.74. The second-order valence-electron chi connectivity index (χ2n) is 5.17. The molecule has 2 aromatic rings. The Balaban J connectivity index is 1.64. The van der Waals surface area contributed by atoms with Gasteiger partial charge >= 0.3 is 0 Å². The van der Waals surface area contributed by atoms with Gasteiger partial charge in [0.2, 0.25) is 0 Å². The standard InChI is InChI=1S/C14H17BrN4O/c15-10-1-2-12-11(7-10)13(19-18-12)14(20)17-6-4-9-3-5-16-8-9/h1-2,7,9,16H,3-6,8H2,(H,17,20)(H,18,19). The summed E-state index contributed by atoms with van der Waals surface area (Å²) < 4.78 is 0.942. The number of carbonyl (C=O) groups is 1. The van der Waals surface area contributed by atoms with E-state index in [1.807, 2.05) is 18.2 Å². The Hall–Kier alpha value is -1.40. The molecule has 1 aromatic carbocycles. The number of hydrogen-bond donors (Lipinski definition) is 3. The molecule has 1 aliphatic heterocycles. The molecular weight excluding hydrogens is 320 g/mol. The highest BCUT2D eigenvalue weighted by molar-refractivity contribution is 9.10. The average Bonchev–Trinajstić information content (AvgIpc) is 3.07. The van der Waals surface area contributed by atoms with E-state index < -0.39 is 0 Å². The Labute approximate surface area is 125 Å². The first-order valence-electron chi connectivity index (χ1n) is 6.86. The van der Waals surface area contributed by atoms with E-state index in [-0.39, 0.29) is 5.91 Å². The third-order valence-electron chi connectivity index (χ3n) is 3.74. The number of amides is 1. The number of nitrogens with one attached hydrogen (secondary N) is 3. The smallest absolute Gasteiger partial charge is 0.272 e. The van der Waals surface area contributed by atoms with E-state index in [0.717, 1.165) is 34.9 Å². The maximum absolute atomic E-state index is 12.2. The Bertz CT molecular complexity index is 619. The highest BCUT2D eigenvalue weighted by atomic mass is 79.9. The lowest BCUT2D eigenvalue weighted by Crippen LogP contribution is -2.26. The van der Waals surface area contributed by atoms with E-state index in [0.29, 0.717) is 18.2 Å². The lowest BCUT2D eigenvalue weighted by molar-refractivity contribution is 0.0948. The summed E-state index contributed by atoms with van der Waals surface area (Å²) in [6.45, 7) is 2.86. The first kappa shape index (κ1) is 13.6. The fraction of sp³-hybridized carbons (Fsp3) is 0.429. The first-order valence-corrected chi connectivity index (χ1v) is 7.66. The largest absolute Gasteiger partial charge is 0.351 e. The molecule has 1 aromatic heterocycles. The monoisotopic (exact) mass is 336 g/mol. The number of halogens is 1. The Morgan fingerprint density at radius 1 is 1.50 bits per heavy atom. The molecule has 3 N–H and O–H groups in total. The van der Waals surface area contributed by atoms with Crippen LogP contribution in [0.5, 0.6) is 0 Å². The molecule has 1 unspecified atom stereocenters. The zero-order valence-electron chi connectivity index (χ0n) is 11.1. The minimum atomic E-state index is -0.111. The minimum absolute atomic E-state index is 0.111. The van der Waals surface area contributed by atoms with Crippen LogP contribution in [0, 0.1) is 5.92 Å². The zero-order valence-corrected chi connectivity index (χ0v) is 12.7. The molecule has 0 bridgehead atoms. The third kappa shape index (κ3) is 2.86. The van der Waals surface area contributed by atoms with Crippen LogP contribution in [-0.4, -0.2) is 35.7 Å². The third-order valence-corrected chi connectivity index (χ3v) is 4.23. The Morgan fingerprint density at radius 3 is 3.20 bits per heavy atom. The molecule has 1 saturated heterocycles. The van der Waals surface area contributed by atoms with Crippen LogP contribution in [0.3, 0.4) is 0 Å². The number of rotatable bonds is 4. The van der Waals surface area contributed by atoms with E-state index in [1.165, 1.54) is 6.42 Å². The molecule has 0 radical (unpaired) electrons. The predicted molar refractivity (Wildman–Crippen MR) is 81.7 cm³/mol. The maximum Gasteiger partial charge on any atom is 0.272 e. The van der Waals surface area contributed by atoms with Crippen LogP contribution in [-0.2, 0) is 0 Å². The molecule has 5 nitrogen and oxygen atoms in total. The number of fused-ring (bicyclic) bond motifs is 1. The lowest BCUT2D eigenvalue weighted by atomic mass is 10.1. The van der Waals surface area contributed by atoms with Crippen molar-refractivity contribution in [2.75, 3.05) is 19.6 Å². The molecule has 1 amide bonds. The van der Waals surface area contributed by atoms with Gasteiger partial charge in [0.25, 0.3) is 5.91 Å². The summed E-state index contributed by atoms with van der Waals surface area (Å²) in [5, 5.41) is 14.1. The molecule has 6 heteroatoms. The molecule has 1 atom stereocenters. The molecule has 0 spiro atoms. The van der Waals surface area contributed by atoms with Gasteiger partial charge in [-0.1, -0.05) is 15.9 Å². The topological polar surface area (TPSA) is 69.8 Å². The summed E-state index contributed by atoms with van der Waals surface area (Å²) in [6.07, 6.45) is 2.22. The van der Waals surface area contributed by atoms with Gasteiger partial charge in [-0.25, -0.2) is 0 Å². The van der Waals surface area contributed by atoms with Gasteiger partial charge in [-0.15, -0.1) is 0 Å². The van der Waals surface area contributed by atoms with Gasteiger partial charge in [0.1, 0.15) is 0 Å². The number of aromatic nitrogens is 2. The zero-order chi connectivity index (χ0) is 13.9. The van der Waals surface area contributed by atoms with E-state index in [9.17, 15) is 4.79 Å². The van der Waals surface area contributed by atoms with Crippen molar-refractivity contribution in [3.8, 4) is 0 Å². The fourth-order valence-corrected chi connectivity index (χ4v) is 2.95. The van der Waals surface area contributed by atoms with Gasteiger partial charge in [-0.3, -0.25) is 9.89 Å². The van der Waals surface area contributed by atoms with Crippen molar-refractivity contribution in [2.45, 2.75) is 12.8 Å². The number of carbonyl (C=O) groups excluding carboxylic acids is 1. The molecule has 106 valence electrons.